The first-order chi connectivity index (χ1) is 15.5. The number of benzene rings is 1. The number of nitrogens with zero attached hydrogens (tertiary/aromatic N) is 2. The summed E-state index contributed by atoms with van der Waals surface area (Å²) in [6.45, 7) is 2.05. The fourth-order valence-corrected chi connectivity index (χ4v) is 3.86. The van der Waals surface area contributed by atoms with Gasteiger partial charge in [0.2, 0.25) is 5.91 Å². The van der Waals surface area contributed by atoms with Crippen molar-refractivity contribution >= 4 is 17.5 Å². The van der Waals surface area contributed by atoms with Crippen LogP contribution >= 0.6 is 0 Å². The summed E-state index contributed by atoms with van der Waals surface area (Å²) >= 11 is 0. The molecule has 4 aromatic rings. The smallest absolute Gasteiger partial charge is 0.287 e. The number of aromatic nitrogens is 2. The molecule has 1 aliphatic carbocycles. The van der Waals surface area contributed by atoms with Crippen molar-refractivity contribution in [1.82, 2.24) is 20.0 Å². The number of pyridine rings is 1. The Kier molecular flexibility index (Phi) is 5.01. The van der Waals surface area contributed by atoms with Gasteiger partial charge in [-0.2, -0.15) is 0 Å². The van der Waals surface area contributed by atoms with Gasteiger partial charge in [-0.25, -0.2) is 4.98 Å². The van der Waals surface area contributed by atoms with Crippen LogP contribution < -0.4 is 10.6 Å². The number of rotatable bonds is 6. The Morgan fingerprint density at radius 3 is 2.50 bits per heavy atom. The molecule has 5 rings (SSSR count). The zero-order valence-electron chi connectivity index (χ0n) is 18.0. The Hall–Kier alpha value is -3.87. The summed E-state index contributed by atoms with van der Waals surface area (Å²) in [5.74, 6) is 0.424. The number of hydrogen-bond donors (Lipinski definition) is 2. The largest absolute Gasteiger partial charge is 0.451 e. The van der Waals surface area contributed by atoms with E-state index in [4.69, 9.17) is 4.42 Å². The Morgan fingerprint density at radius 2 is 1.78 bits per heavy atom. The van der Waals surface area contributed by atoms with Gasteiger partial charge >= 0.3 is 0 Å². The first-order valence-electron chi connectivity index (χ1n) is 10.7. The molecule has 1 fully saturated rings. The van der Waals surface area contributed by atoms with E-state index in [9.17, 15) is 9.59 Å². The van der Waals surface area contributed by atoms with Gasteiger partial charge in [-0.1, -0.05) is 30.3 Å². The summed E-state index contributed by atoms with van der Waals surface area (Å²) in [4.78, 5) is 29.3. The molecule has 162 valence electrons. The van der Waals surface area contributed by atoms with E-state index in [2.05, 4.69) is 22.5 Å². The second-order valence-corrected chi connectivity index (χ2v) is 8.24. The van der Waals surface area contributed by atoms with E-state index in [1.807, 2.05) is 53.2 Å². The first-order valence-corrected chi connectivity index (χ1v) is 10.7. The molecule has 0 spiro atoms. The molecule has 7 heteroatoms. The van der Waals surface area contributed by atoms with E-state index < -0.39 is 6.04 Å². The number of likely N-dealkylation sites (N-methyl/N-ethyl adjacent to an activating group) is 1. The Labute approximate surface area is 185 Å². The lowest BCUT2D eigenvalue weighted by molar-refractivity contribution is -0.122. The predicted octanol–water partition coefficient (Wildman–Crippen LogP) is 3.82. The highest BCUT2D eigenvalue weighted by molar-refractivity contribution is 5.96. The second-order valence-electron chi connectivity index (χ2n) is 8.24. The highest BCUT2D eigenvalue weighted by Gasteiger charge is 2.37. The number of imidazole rings is 1. The summed E-state index contributed by atoms with van der Waals surface area (Å²) in [6.07, 6.45) is 5.95. The average Bonchev–Trinajstić information content (AvgIpc) is 3.36. The lowest BCUT2D eigenvalue weighted by Gasteiger charge is -2.15. The van der Waals surface area contributed by atoms with E-state index in [1.165, 1.54) is 5.56 Å². The molecule has 0 radical (unpaired) electrons. The van der Waals surface area contributed by atoms with Crippen LogP contribution in [0.1, 0.15) is 29.0 Å². The van der Waals surface area contributed by atoms with Gasteiger partial charge in [0.1, 0.15) is 17.4 Å². The monoisotopic (exact) mass is 428 g/mol. The topological polar surface area (TPSA) is 88.6 Å². The van der Waals surface area contributed by atoms with Crippen molar-refractivity contribution in [2.75, 3.05) is 7.05 Å². The summed E-state index contributed by atoms with van der Waals surface area (Å²) in [7, 11) is 1.58. The standard InChI is InChI=1S/C25H24N4O3/c1-15-3-12-22-27-19(14-29(22)13-15)16-4-6-17(7-5-16)20-10-11-21(32-20)24(30)28-23(18-8-9-18)25(31)26-2/h3-7,10-14,18,23H,8-9H2,1-2H3,(H,26,31)(H,28,30)/t23-/m0/s1. The number of fused-ring (bicyclic) bond motifs is 1. The van der Waals surface area contributed by atoms with Crippen LogP contribution in [0.15, 0.2) is 65.3 Å². The van der Waals surface area contributed by atoms with E-state index >= 15 is 0 Å². The maximum Gasteiger partial charge on any atom is 0.287 e. The molecule has 0 aliphatic heterocycles. The zero-order valence-corrected chi connectivity index (χ0v) is 18.0. The number of carbonyl (C=O) groups excluding carboxylic acids is 2. The third kappa shape index (κ3) is 3.89. The van der Waals surface area contributed by atoms with Crippen molar-refractivity contribution in [3.8, 4) is 22.6 Å². The lowest BCUT2D eigenvalue weighted by Crippen LogP contribution is -2.47. The van der Waals surface area contributed by atoms with Crippen LogP contribution in [0.5, 0.6) is 0 Å². The molecule has 0 saturated heterocycles. The lowest BCUT2D eigenvalue weighted by atomic mass is 10.1. The number of nitrogens with one attached hydrogen (secondary N) is 2. The summed E-state index contributed by atoms with van der Waals surface area (Å²) < 4.78 is 7.81. The number of amides is 2. The molecule has 0 bridgehead atoms. The molecule has 32 heavy (non-hydrogen) atoms. The van der Waals surface area contributed by atoms with Crippen LogP contribution in [-0.2, 0) is 4.79 Å². The maximum absolute atomic E-state index is 12.6. The minimum absolute atomic E-state index is 0.176. The highest BCUT2D eigenvalue weighted by Crippen LogP contribution is 2.33. The Balaban J connectivity index is 1.32. The number of furan rings is 1. The van der Waals surface area contributed by atoms with Crippen molar-refractivity contribution in [3.05, 3.63) is 72.2 Å². The molecular formula is C25H24N4O3. The van der Waals surface area contributed by atoms with Crippen molar-refractivity contribution in [2.45, 2.75) is 25.8 Å². The summed E-state index contributed by atoms with van der Waals surface area (Å²) in [5.41, 5.74) is 4.82. The van der Waals surface area contributed by atoms with Crippen LogP contribution in [0.25, 0.3) is 28.2 Å². The molecule has 3 heterocycles. The van der Waals surface area contributed by atoms with Gasteiger partial charge in [0, 0.05) is 30.6 Å². The minimum atomic E-state index is -0.519. The third-order valence-corrected chi connectivity index (χ3v) is 5.80. The predicted molar refractivity (Wildman–Crippen MR) is 121 cm³/mol. The van der Waals surface area contributed by atoms with Gasteiger partial charge in [0.15, 0.2) is 5.76 Å². The summed E-state index contributed by atoms with van der Waals surface area (Å²) in [6, 6.07) is 14.8. The van der Waals surface area contributed by atoms with E-state index in [0.29, 0.717) is 5.76 Å². The Morgan fingerprint density at radius 1 is 1.03 bits per heavy atom. The van der Waals surface area contributed by atoms with Crippen LogP contribution in [0.4, 0.5) is 0 Å². The number of hydrogen-bond acceptors (Lipinski definition) is 4. The molecule has 3 aromatic heterocycles. The van der Waals surface area contributed by atoms with Crippen molar-refractivity contribution < 1.29 is 14.0 Å². The molecule has 1 aromatic carbocycles. The molecular weight excluding hydrogens is 404 g/mol. The molecule has 0 unspecified atom stereocenters. The average molecular weight is 428 g/mol. The van der Waals surface area contributed by atoms with E-state index in [0.717, 1.165) is 35.3 Å². The molecule has 1 saturated carbocycles. The van der Waals surface area contributed by atoms with E-state index in [1.54, 1.807) is 19.2 Å². The zero-order chi connectivity index (χ0) is 22.2. The first kappa shape index (κ1) is 20.1. The van der Waals surface area contributed by atoms with Gasteiger partial charge in [-0.05, 0) is 49.4 Å². The van der Waals surface area contributed by atoms with E-state index in [-0.39, 0.29) is 23.5 Å². The number of carbonyl (C=O) groups is 2. The summed E-state index contributed by atoms with van der Waals surface area (Å²) in [5, 5.41) is 5.42. The molecule has 2 N–H and O–H groups in total. The fraction of sp³-hybridized carbons (Fsp3) is 0.240. The molecule has 7 nitrogen and oxygen atoms in total. The van der Waals surface area contributed by atoms with Gasteiger partial charge in [-0.3, -0.25) is 9.59 Å². The number of aryl methyl sites for hydroxylation is 1. The maximum atomic E-state index is 12.6. The quantitative estimate of drug-likeness (QED) is 0.489. The molecule has 1 aliphatic rings. The fourth-order valence-electron chi connectivity index (χ4n) is 3.86. The van der Waals surface area contributed by atoms with Crippen LogP contribution in [0.2, 0.25) is 0 Å². The van der Waals surface area contributed by atoms with Gasteiger partial charge in [0.05, 0.1) is 5.69 Å². The molecule has 1 atom stereocenters. The van der Waals surface area contributed by atoms with Crippen molar-refractivity contribution in [2.24, 2.45) is 5.92 Å². The molecule has 2 amide bonds. The van der Waals surface area contributed by atoms with Crippen LogP contribution in [0.3, 0.4) is 0 Å². The van der Waals surface area contributed by atoms with Crippen LogP contribution in [0, 0.1) is 12.8 Å². The van der Waals surface area contributed by atoms with Crippen molar-refractivity contribution in [1.29, 1.82) is 0 Å². The van der Waals surface area contributed by atoms with Crippen LogP contribution in [-0.4, -0.2) is 34.3 Å². The Bertz CT molecular complexity index is 1300. The van der Waals surface area contributed by atoms with Crippen molar-refractivity contribution in [3.63, 3.8) is 0 Å². The normalized spacial score (nSPS) is 14.3. The van der Waals surface area contributed by atoms with Gasteiger partial charge in [-0.15, -0.1) is 0 Å². The van der Waals surface area contributed by atoms with Gasteiger partial charge < -0.3 is 19.5 Å². The van der Waals surface area contributed by atoms with Gasteiger partial charge in [0.25, 0.3) is 5.91 Å². The highest BCUT2D eigenvalue weighted by atomic mass is 16.4. The SMILES string of the molecule is CNC(=O)[C@@H](NC(=O)c1ccc(-c2ccc(-c3cn4cc(C)ccc4n3)cc2)o1)C1CC1. The third-order valence-electron chi connectivity index (χ3n) is 5.80. The second kappa shape index (κ2) is 8.00. The minimum Gasteiger partial charge on any atom is -0.451 e.